The molecule has 0 saturated heterocycles. The Hall–Kier alpha value is -5.06. The van der Waals surface area contributed by atoms with Crippen LogP contribution < -0.4 is 26.0 Å². The van der Waals surface area contributed by atoms with Crippen molar-refractivity contribution in [3.05, 3.63) is 84.6 Å². The van der Waals surface area contributed by atoms with Crippen LogP contribution in [0.1, 0.15) is 23.8 Å². The molecule has 4 N–H and O–H groups in total. The molecule has 2 aromatic carbocycles. The van der Waals surface area contributed by atoms with Crippen LogP contribution in [0.25, 0.3) is 0 Å². The number of nitrogens with zero attached hydrogens (tertiary/aromatic N) is 3. The van der Waals surface area contributed by atoms with E-state index < -0.39 is 5.82 Å². The molecule has 0 bridgehead atoms. The van der Waals surface area contributed by atoms with Crippen LogP contribution in [-0.4, -0.2) is 33.8 Å². The Kier molecular flexibility index (Phi) is 7.84. The van der Waals surface area contributed by atoms with Gasteiger partial charge < -0.3 is 26.0 Å². The van der Waals surface area contributed by atoms with Crippen molar-refractivity contribution in [3.8, 4) is 11.5 Å². The molecule has 10 nitrogen and oxygen atoms in total. The third-order valence-corrected chi connectivity index (χ3v) is 5.01. The summed E-state index contributed by atoms with van der Waals surface area (Å²) in [5, 5.41) is 11.2. The number of benzene rings is 2. The van der Waals surface area contributed by atoms with Crippen LogP contribution in [0.15, 0.2) is 73.1 Å². The maximum Gasteiger partial charge on any atom is 0.269 e. The minimum atomic E-state index is -0.634. The van der Waals surface area contributed by atoms with E-state index in [0.29, 0.717) is 35.0 Å². The van der Waals surface area contributed by atoms with Crippen molar-refractivity contribution in [1.29, 1.82) is 0 Å². The first-order chi connectivity index (χ1) is 17.9. The average Bonchev–Trinajstić information content (AvgIpc) is 2.91. The van der Waals surface area contributed by atoms with E-state index in [0.717, 1.165) is 6.20 Å². The van der Waals surface area contributed by atoms with Gasteiger partial charge in [-0.2, -0.15) is 4.98 Å². The monoisotopic (exact) mass is 501 g/mol. The molecule has 0 unspecified atom stereocenters. The number of hydrogen-bond donors (Lipinski definition) is 4. The molecule has 0 atom stereocenters. The molecule has 11 heteroatoms. The summed E-state index contributed by atoms with van der Waals surface area (Å²) in [6, 6.07) is 17.0. The first kappa shape index (κ1) is 25.0. The molecule has 0 aliphatic heterocycles. The Morgan fingerprint density at radius 3 is 2.46 bits per heavy atom. The summed E-state index contributed by atoms with van der Waals surface area (Å²) >= 11 is 0. The van der Waals surface area contributed by atoms with E-state index in [9.17, 15) is 14.0 Å². The number of amides is 2. The van der Waals surface area contributed by atoms with E-state index in [1.54, 1.807) is 67.6 Å². The van der Waals surface area contributed by atoms with E-state index in [2.05, 4.69) is 36.2 Å². The van der Waals surface area contributed by atoms with Gasteiger partial charge in [-0.05, 0) is 48.5 Å². The van der Waals surface area contributed by atoms with Crippen molar-refractivity contribution < 1.29 is 18.7 Å². The topological polar surface area (TPSA) is 130 Å². The SMILES string of the molecule is CCC(=O)Nc1cccc(Nc2nc(Nc3ccc(Oc4ccnc(C(=O)NC)c4)cc3)ncc2F)c1. The molecule has 2 heterocycles. The van der Waals surface area contributed by atoms with Crippen molar-refractivity contribution in [2.45, 2.75) is 13.3 Å². The fraction of sp³-hybridized carbons (Fsp3) is 0.115. The maximum absolute atomic E-state index is 14.4. The van der Waals surface area contributed by atoms with Gasteiger partial charge in [-0.25, -0.2) is 9.37 Å². The highest BCUT2D eigenvalue weighted by atomic mass is 19.1. The standard InChI is InChI=1S/C26H24FN7O3/c1-3-23(35)31-17-5-4-6-18(13-17)32-24-21(27)15-30-26(34-24)33-16-7-9-19(10-8-16)37-20-11-12-29-22(14-20)25(36)28-2/h4-15H,3H2,1-2H3,(H,28,36)(H,31,35)(H2,30,32,33,34). The van der Waals surface area contributed by atoms with Gasteiger partial charge in [-0.3, -0.25) is 14.6 Å². The predicted octanol–water partition coefficient (Wildman–Crippen LogP) is 5.00. The Bertz CT molecular complexity index is 1410. The summed E-state index contributed by atoms with van der Waals surface area (Å²) in [7, 11) is 1.53. The fourth-order valence-corrected chi connectivity index (χ4v) is 3.17. The van der Waals surface area contributed by atoms with Crippen molar-refractivity contribution in [1.82, 2.24) is 20.3 Å². The quantitative estimate of drug-likeness (QED) is 0.252. The van der Waals surface area contributed by atoms with E-state index in [4.69, 9.17) is 4.74 Å². The van der Waals surface area contributed by atoms with Crippen LogP contribution >= 0.6 is 0 Å². The molecule has 0 radical (unpaired) electrons. The number of carbonyl (C=O) groups is 2. The van der Waals surface area contributed by atoms with Gasteiger partial charge in [0.25, 0.3) is 5.91 Å². The molecule has 0 aliphatic rings. The lowest BCUT2D eigenvalue weighted by Crippen LogP contribution is -2.18. The molecule has 0 saturated carbocycles. The summed E-state index contributed by atoms with van der Waals surface area (Å²) in [6.07, 6.45) is 2.90. The smallest absolute Gasteiger partial charge is 0.269 e. The van der Waals surface area contributed by atoms with Crippen LogP contribution in [-0.2, 0) is 4.79 Å². The number of aromatic nitrogens is 3. The lowest BCUT2D eigenvalue weighted by molar-refractivity contribution is -0.115. The maximum atomic E-state index is 14.4. The second-order valence-corrected chi connectivity index (χ2v) is 7.71. The molecule has 0 spiro atoms. The van der Waals surface area contributed by atoms with Crippen molar-refractivity contribution in [3.63, 3.8) is 0 Å². The Morgan fingerprint density at radius 1 is 0.919 bits per heavy atom. The molecule has 2 amide bonds. The molecular formula is C26H24FN7O3. The number of anilines is 5. The Balaban J connectivity index is 1.43. The van der Waals surface area contributed by atoms with Gasteiger partial charge in [0.2, 0.25) is 11.9 Å². The highest BCUT2D eigenvalue weighted by Crippen LogP contribution is 2.26. The molecule has 2 aromatic heterocycles. The summed E-state index contributed by atoms with van der Waals surface area (Å²) < 4.78 is 20.2. The number of nitrogens with one attached hydrogen (secondary N) is 4. The van der Waals surface area contributed by atoms with Crippen LogP contribution in [0.5, 0.6) is 11.5 Å². The first-order valence-corrected chi connectivity index (χ1v) is 11.4. The van der Waals surface area contributed by atoms with E-state index in [1.165, 1.54) is 13.2 Å². The van der Waals surface area contributed by atoms with Gasteiger partial charge in [0.05, 0.1) is 6.20 Å². The molecular weight excluding hydrogens is 477 g/mol. The van der Waals surface area contributed by atoms with Crippen LogP contribution in [0.2, 0.25) is 0 Å². The van der Waals surface area contributed by atoms with Crippen LogP contribution in [0.3, 0.4) is 0 Å². The number of carbonyl (C=O) groups excluding carboxylic acids is 2. The predicted molar refractivity (Wildman–Crippen MR) is 138 cm³/mol. The zero-order valence-corrected chi connectivity index (χ0v) is 20.1. The van der Waals surface area contributed by atoms with Crippen LogP contribution in [0, 0.1) is 5.82 Å². The number of hydrogen-bond acceptors (Lipinski definition) is 8. The second-order valence-electron chi connectivity index (χ2n) is 7.71. The van der Waals surface area contributed by atoms with Gasteiger partial charge >= 0.3 is 0 Å². The van der Waals surface area contributed by atoms with Gasteiger partial charge in [0, 0.05) is 42.8 Å². The lowest BCUT2D eigenvalue weighted by Gasteiger charge is -2.11. The van der Waals surface area contributed by atoms with Gasteiger partial charge in [-0.1, -0.05) is 13.0 Å². The van der Waals surface area contributed by atoms with Gasteiger partial charge in [0.1, 0.15) is 17.2 Å². The molecule has 0 fully saturated rings. The second kappa shape index (κ2) is 11.6. The molecule has 0 aliphatic carbocycles. The molecule has 4 aromatic rings. The number of ether oxygens (including phenoxy) is 1. The first-order valence-electron chi connectivity index (χ1n) is 11.4. The van der Waals surface area contributed by atoms with E-state index >= 15 is 0 Å². The van der Waals surface area contributed by atoms with Gasteiger partial charge in [0.15, 0.2) is 11.6 Å². The largest absolute Gasteiger partial charge is 0.457 e. The Labute approximate surface area is 212 Å². The molecule has 37 heavy (non-hydrogen) atoms. The highest BCUT2D eigenvalue weighted by Gasteiger charge is 2.10. The van der Waals surface area contributed by atoms with Crippen molar-refractivity contribution >= 4 is 40.6 Å². The summed E-state index contributed by atoms with van der Waals surface area (Å²) in [6.45, 7) is 1.76. The van der Waals surface area contributed by atoms with Gasteiger partial charge in [-0.15, -0.1) is 0 Å². The third kappa shape index (κ3) is 6.75. The average molecular weight is 502 g/mol. The van der Waals surface area contributed by atoms with Crippen LogP contribution in [0.4, 0.5) is 33.2 Å². The number of pyridine rings is 1. The summed E-state index contributed by atoms with van der Waals surface area (Å²) in [5.74, 6) is 0.0863. The van der Waals surface area contributed by atoms with E-state index in [1.807, 2.05) is 0 Å². The summed E-state index contributed by atoms with van der Waals surface area (Å²) in [4.78, 5) is 35.6. The summed E-state index contributed by atoms with van der Waals surface area (Å²) in [5.41, 5.74) is 2.03. The minimum absolute atomic E-state index is 0.0268. The fourth-order valence-electron chi connectivity index (χ4n) is 3.17. The minimum Gasteiger partial charge on any atom is -0.457 e. The molecule has 188 valence electrons. The molecule has 4 rings (SSSR count). The zero-order valence-electron chi connectivity index (χ0n) is 20.1. The highest BCUT2D eigenvalue weighted by molar-refractivity contribution is 5.92. The normalized spacial score (nSPS) is 10.4. The number of halogens is 1. The van der Waals surface area contributed by atoms with Crippen molar-refractivity contribution in [2.75, 3.05) is 23.0 Å². The number of rotatable bonds is 9. The zero-order chi connectivity index (χ0) is 26.2. The Morgan fingerprint density at radius 2 is 1.70 bits per heavy atom. The van der Waals surface area contributed by atoms with E-state index in [-0.39, 0.29) is 29.3 Å². The lowest BCUT2D eigenvalue weighted by atomic mass is 10.2. The third-order valence-electron chi connectivity index (χ3n) is 5.01. The van der Waals surface area contributed by atoms with Crippen molar-refractivity contribution in [2.24, 2.45) is 0 Å².